The molecule has 1 unspecified atom stereocenters. The molecule has 0 amide bonds. The van der Waals surface area contributed by atoms with Crippen molar-refractivity contribution in [3.63, 3.8) is 0 Å². The summed E-state index contributed by atoms with van der Waals surface area (Å²) in [5.41, 5.74) is 0. The van der Waals surface area contributed by atoms with Crippen LogP contribution in [0.3, 0.4) is 0 Å². The van der Waals surface area contributed by atoms with E-state index in [1.54, 1.807) is 7.11 Å². The van der Waals surface area contributed by atoms with E-state index in [9.17, 15) is 0 Å². The molecule has 124 valence electrons. The Hall–Kier alpha value is -0.850. The number of guanidine groups is 1. The Morgan fingerprint density at radius 1 is 1.38 bits per heavy atom. The predicted molar refractivity (Wildman–Crippen MR) is 89.0 cm³/mol. The van der Waals surface area contributed by atoms with Gasteiger partial charge in [-0.3, -0.25) is 4.99 Å². The monoisotopic (exact) mass is 299 g/mol. The second-order valence-electron chi connectivity index (χ2n) is 5.81. The number of methoxy groups -OCH3 is 1. The Kier molecular flexibility index (Phi) is 9.37. The lowest BCUT2D eigenvalue weighted by Gasteiger charge is -2.22. The van der Waals surface area contributed by atoms with Crippen LogP contribution >= 0.6 is 0 Å². The van der Waals surface area contributed by atoms with Gasteiger partial charge < -0.3 is 25.2 Å². The second-order valence-corrected chi connectivity index (χ2v) is 5.81. The first-order chi connectivity index (χ1) is 10.2. The zero-order valence-corrected chi connectivity index (χ0v) is 14.2. The SMILES string of the molecule is CN=C(NCCN(C)CCCOC)NCC1CCCN1C. The van der Waals surface area contributed by atoms with Crippen LogP contribution in [0.15, 0.2) is 4.99 Å². The number of hydrogen-bond acceptors (Lipinski definition) is 4. The van der Waals surface area contributed by atoms with Crippen LogP contribution in [0.2, 0.25) is 0 Å². The quantitative estimate of drug-likeness (QED) is 0.362. The molecule has 0 aromatic rings. The van der Waals surface area contributed by atoms with Crippen molar-refractivity contribution in [3.8, 4) is 0 Å². The second kappa shape index (κ2) is 10.8. The van der Waals surface area contributed by atoms with E-state index < -0.39 is 0 Å². The fourth-order valence-corrected chi connectivity index (χ4v) is 2.63. The van der Waals surface area contributed by atoms with Crippen LogP contribution in [0, 0.1) is 0 Å². The van der Waals surface area contributed by atoms with Gasteiger partial charge >= 0.3 is 0 Å². The largest absolute Gasteiger partial charge is 0.385 e. The van der Waals surface area contributed by atoms with E-state index >= 15 is 0 Å². The van der Waals surface area contributed by atoms with E-state index in [1.165, 1.54) is 19.4 Å². The summed E-state index contributed by atoms with van der Waals surface area (Å²) in [7, 11) is 7.92. The minimum atomic E-state index is 0.639. The van der Waals surface area contributed by atoms with Crippen LogP contribution in [0.25, 0.3) is 0 Å². The van der Waals surface area contributed by atoms with Crippen molar-refractivity contribution in [2.24, 2.45) is 4.99 Å². The first kappa shape index (κ1) is 18.2. The number of nitrogens with zero attached hydrogens (tertiary/aromatic N) is 3. The van der Waals surface area contributed by atoms with Crippen LogP contribution in [0.5, 0.6) is 0 Å². The number of hydrogen-bond donors (Lipinski definition) is 2. The minimum absolute atomic E-state index is 0.639. The molecule has 1 saturated heterocycles. The molecule has 0 aliphatic carbocycles. The van der Waals surface area contributed by atoms with Gasteiger partial charge in [0.2, 0.25) is 0 Å². The molecule has 1 heterocycles. The highest BCUT2D eigenvalue weighted by Gasteiger charge is 2.20. The standard InChI is InChI=1S/C15H33N5O/c1-16-15(18-13-14-7-5-10-20(14)3)17-8-11-19(2)9-6-12-21-4/h14H,5-13H2,1-4H3,(H2,16,17,18). The molecular formula is C15H33N5O. The molecule has 6 nitrogen and oxygen atoms in total. The summed E-state index contributed by atoms with van der Waals surface area (Å²) in [6.45, 7) is 5.99. The number of likely N-dealkylation sites (tertiary alicyclic amines) is 1. The number of rotatable bonds is 9. The lowest BCUT2D eigenvalue weighted by atomic mass is 10.2. The highest BCUT2D eigenvalue weighted by Crippen LogP contribution is 2.13. The third-order valence-corrected chi connectivity index (χ3v) is 4.07. The first-order valence-corrected chi connectivity index (χ1v) is 7.99. The molecular weight excluding hydrogens is 266 g/mol. The first-order valence-electron chi connectivity index (χ1n) is 7.99. The normalized spacial score (nSPS) is 20.2. The molecule has 21 heavy (non-hydrogen) atoms. The third kappa shape index (κ3) is 7.64. The van der Waals surface area contributed by atoms with Gasteiger partial charge in [0, 0.05) is 53.0 Å². The van der Waals surface area contributed by atoms with Crippen molar-refractivity contribution in [1.82, 2.24) is 20.4 Å². The zero-order chi connectivity index (χ0) is 15.5. The van der Waals surface area contributed by atoms with Crippen molar-refractivity contribution >= 4 is 5.96 Å². The van der Waals surface area contributed by atoms with Crippen molar-refractivity contribution in [3.05, 3.63) is 0 Å². The van der Waals surface area contributed by atoms with E-state index in [4.69, 9.17) is 4.74 Å². The highest BCUT2D eigenvalue weighted by molar-refractivity contribution is 5.79. The number of aliphatic imine (C=N–C) groups is 1. The number of nitrogens with one attached hydrogen (secondary N) is 2. The molecule has 1 atom stereocenters. The fraction of sp³-hybridized carbons (Fsp3) is 0.933. The molecule has 6 heteroatoms. The molecule has 1 aliphatic rings. The zero-order valence-electron chi connectivity index (χ0n) is 14.2. The van der Waals surface area contributed by atoms with E-state index in [-0.39, 0.29) is 0 Å². The van der Waals surface area contributed by atoms with E-state index in [2.05, 4.69) is 39.5 Å². The average molecular weight is 299 g/mol. The van der Waals surface area contributed by atoms with Crippen molar-refractivity contribution < 1.29 is 4.74 Å². The summed E-state index contributed by atoms with van der Waals surface area (Å²) in [6, 6.07) is 0.639. The lowest BCUT2D eigenvalue weighted by Crippen LogP contribution is -2.45. The molecule has 0 aromatic heterocycles. The van der Waals surface area contributed by atoms with Crippen LogP contribution in [-0.4, -0.2) is 89.4 Å². The molecule has 0 bridgehead atoms. The molecule has 0 radical (unpaired) electrons. The topological polar surface area (TPSA) is 52.1 Å². The van der Waals surface area contributed by atoms with Crippen molar-refractivity contribution in [1.29, 1.82) is 0 Å². The molecule has 0 spiro atoms. The Bertz CT molecular complexity index is 298. The van der Waals surface area contributed by atoms with Gasteiger partial charge in [-0.15, -0.1) is 0 Å². The Morgan fingerprint density at radius 2 is 2.19 bits per heavy atom. The van der Waals surface area contributed by atoms with Gasteiger partial charge in [0.1, 0.15) is 0 Å². The minimum Gasteiger partial charge on any atom is -0.385 e. The third-order valence-electron chi connectivity index (χ3n) is 4.07. The number of likely N-dealkylation sites (N-methyl/N-ethyl adjacent to an activating group) is 2. The van der Waals surface area contributed by atoms with Crippen LogP contribution in [-0.2, 0) is 4.74 Å². The van der Waals surface area contributed by atoms with Gasteiger partial charge in [-0.2, -0.15) is 0 Å². The van der Waals surface area contributed by atoms with Gasteiger partial charge in [0.15, 0.2) is 5.96 Å². The summed E-state index contributed by atoms with van der Waals surface area (Å²) < 4.78 is 5.07. The number of ether oxygens (including phenoxy) is 1. The van der Waals surface area contributed by atoms with Gasteiger partial charge in [0.05, 0.1) is 0 Å². The molecule has 0 aromatic carbocycles. The maximum absolute atomic E-state index is 5.07. The van der Waals surface area contributed by atoms with Crippen LogP contribution in [0.1, 0.15) is 19.3 Å². The van der Waals surface area contributed by atoms with Gasteiger partial charge in [-0.25, -0.2) is 0 Å². The van der Waals surface area contributed by atoms with E-state index in [0.717, 1.165) is 45.2 Å². The van der Waals surface area contributed by atoms with Gasteiger partial charge in [0.25, 0.3) is 0 Å². The molecule has 1 aliphatic heterocycles. The molecule has 1 fully saturated rings. The van der Waals surface area contributed by atoms with Gasteiger partial charge in [-0.1, -0.05) is 0 Å². The van der Waals surface area contributed by atoms with Crippen molar-refractivity contribution in [2.45, 2.75) is 25.3 Å². The summed E-state index contributed by atoms with van der Waals surface area (Å²) in [4.78, 5) is 9.01. The Labute approximate surface area is 129 Å². The maximum atomic E-state index is 5.07. The van der Waals surface area contributed by atoms with E-state index in [0.29, 0.717) is 6.04 Å². The van der Waals surface area contributed by atoms with Crippen molar-refractivity contribution in [2.75, 3.05) is 67.6 Å². The fourth-order valence-electron chi connectivity index (χ4n) is 2.63. The Balaban J connectivity index is 2.10. The summed E-state index contributed by atoms with van der Waals surface area (Å²) >= 11 is 0. The van der Waals surface area contributed by atoms with Crippen LogP contribution in [0.4, 0.5) is 0 Å². The summed E-state index contributed by atoms with van der Waals surface area (Å²) in [6.07, 6.45) is 3.66. The predicted octanol–water partition coefficient (Wildman–Crippen LogP) is 0.214. The average Bonchev–Trinajstić information content (AvgIpc) is 2.88. The maximum Gasteiger partial charge on any atom is 0.191 e. The van der Waals surface area contributed by atoms with E-state index in [1.807, 2.05) is 7.05 Å². The molecule has 0 saturated carbocycles. The molecule has 2 N–H and O–H groups in total. The highest BCUT2D eigenvalue weighted by atomic mass is 16.5. The van der Waals surface area contributed by atoms with Crippen LogP contribution < -0.4 is 10.6 Å². The summed E-state index contributed by atoms with van der Waals surface area (Å²) in [5, 5.41) is 6.80. The smallest absolute Gasteiger partial charge is 0.191 e. The molecule has 1 rings (SSSR count). The lowest BCUT2D eigenvalue weighted by molar-refractivity contribution is 0.180. The Morgan fingerprint density at radius 3 is 2.81 bits per heavy atom. The summed E-state index contributed by atoms with van der Waals surface area (Å²) in [5.74, 6) is 0.903. The van der Waals surface area contributed by atoms with Gasteiger partial charge in [-0.05, 0) is 39.9 Å².